The molecule has 196 valence electrons. The van der Waals surface area contributed by atoms with E-state index in [4.69, 9.17) is 11.6 Å². The number of piperidine rings is 1. The Morgan fingerprint density at radius 1 is 1.11 bits per heavy atom. The van der Waals surface area contributed by atoms with Crippen LogP contribution in [0, 0.1) is 0 Å². The van der Waals surface area contributed by atoms with E-state index in [-0.39, 0.29) is 37.2 Å². The number of carbonyl (C=O) groups is 2. The molecule has 2 heterocycles. The first kappa shape index (κ1) is 27.7. The highest BCUT2D eigenvalue weighted by Gasteiger charge is 2.27. The molecule has 1 aliphatic heterocycles. The number of amides is 2. The first-order chi connectivity index (χ1) is 17.0. The molecule has 1 fully saturated rings. The van der Waals surface area contributed by atoms with E-state index in [0.29, 0.717) is 48.8 Å². The van der Waals surface area contributed by atoms with Gasteiger partial charge in [-0.3, -0.25) is 23.9 Å². The summed E-state index contributed by atoms with van der Waals surface area (Å²) in [6.07, 6.45) is -4.43. The lowest BCUT2D eigenvalue weighted by Gasteiger charge is -2.31. The van der Waals surface area contributed by atoms with Crippen LogP contribution >= 0.6 is 11.6 Å². The van der Waals surface area contributed by atoms with Crippen molar-refractivity contribution >= 4 is 23.4 Å². The van der Waals surface area contributed by atoms with Crippen molar-refractivity contribution < 1.29 is 22.8 Å². The number of hydrogen-bond donors (Lipinski definition) is 2. The minimum atomic E-state index is -4.33. The molecule has 2 amide bonds. The summed E-state index contributed by atoms with van der Waals surface area (Å²) in [6, 6.07) is 7.72. The van der Waals surface area contributed by atoms with Crippen LogP contribution in [0.15, 0.2) is 35.1 Å². The van der Waals surface area contributed by atoms with Crippen LogP contribution in [0.2, 0.25) is 5.02 Å². The van der Waals surface area contributed by atoms with Crippen LogP contribution in [0.4, 0.5) is 13.2 Å². The van der Waals surface area contributed by atoms with Gasteiger partial charge >= 0.3 is 6.18 Å². The van der Waals surface area contributed by atoms with Crippen molar-refractivity contribution in [2.24, 2.45) is 0 Å². The number of aryl methyl sites for hydroxylation is 1. The van der Waals surface area contributed by atoms with E-state index in [1.165, 1.54) is 6.07 Å². The van der Waals surface area contributed by atoms with Crippen LogP contribution in [-0.4, -0.2) is 65.2 Å². The number of likely N-dealkylation sites (tertiary alicyclic amines) is 1. The third-order valence-corrected chi connectivity index (χ3v) is 6.24. The van der Waals surface area contributed by atoms with Gasteiger partial charge in [0.25, 0.3) is 5.56 Å². The predicted octanol–water partition coefficient (Wildman–Crippen LogP) is 2.78. The van der Waals surface area contributed by atoms with Gasteiger partial charge in [-0.15, -0.1) is 0 Å². The molecule has 0 unspecified atom stereocenters. The van der Waals surface area contributed by atoms with Crippen molar-refractivity contribution in [3.05, 3.63) is 51.5 Å². The maximum atomic E-state index is 12.9. The molecule has 12 heteroatoms. The monoisotopic (exact) mass is 527 g/mol. The molecule has 2 aromatic rings. The van der Waals surface area contributed by atoms with Crippen LogP contribution < -0.4 is 16.2 Å². The Morgan fingerprint density at radius 3 is 2.39 bits per heavy atom. The molecule has 1 aromatic carbocycles. The standard InChI is InChI=1S/C24H29ClF3N5O3/c1-29-21(34)14-32-11-8-18(9-12-32)30-22(35)15-33-20(3-2-10-24(26,27)28)31-19(13-23(33)36)16-4-6-17(25)7-5-16/h4-7,13,18H,2-3,8-12,14-15H2,1H3,(H,29,34)(H,30,35). The van der Waals surface area contributed by atoms with Crippen molar-refractivity contribution in [1.82, 2.24) is 25.1 Å². The third-order valence-electron chi connectivity index (χ3n) is 5.99. The topological polar surface area (TPSA) is 96.3 Å². The highest BCUT2D eigenvalue weighted by atomic mass is 35.5. The largest absolute Gasteiger partial charge is 0.389 e. The molecule has 0 spiro atoms. The number of carbonyl (C=O) groups excluding carboxylic acids is 2. The molecular weight excluding hydrogens is 499 g/mol. The summed E-state index contributed by atoms with van der Waals surface area (Å²) in [5.74, 6) is -0.378. The highest BCUT2D eigenvalue weighted by molar-refractivity contribution is 6.30. The number of halogens is 4. The molecular formula is C24H29ClF3N5O3. The Bertz CT molecular complexity index is 1110. The first-order valence-corrected chi connectivity index (χ1v) is 12.1. The number of hydrogen-bond acceptors (Lipinski definition) is 5. The number of aromatic nitrogens is 2. The summed E-state index contributed by atoms with van der Waals surface area (Å²) >= 11 is 5.91. The predicted molar refractivity (Wildman–Crippen MR) is 130 cm³/mol. The molecule has 36 heavy (non-hydrogen) atoms. The summed E-state index contributed by atoms with van der Waals surface area (Å²) in [7, 11) is 1.57. The van der Waals surface area contributed by atoms with Crippen molar-refractivity contribution in [3.63, 3.8) is 0 Å². The number of nitrogens with zero attached hydrogens (tertiary/aromatic N) is 3. The lowest BCUT2D eigenvalue weighted by atomic mass is 10.0. The zero-order valence-corrected chi connectivity index (χ0v) is 20.7. The zero-order chi connectivity index (χ0) is 26.3. The average Bonchev–Trinajstić information content (AvgIpc) is 2.82. The second-order valence-electron chi connectivity index (χ2n) is 8.75. The van der Waals surface area contributed by atoms with Gasteiger partial charge in [-0.1, -0.05) is 23.7 Å². The maximum absolute atomic E-state index is 12.9. The fraction of sp³-hybridized carbons (Fsp3) is 0.500. The van der Waals surface area contributed by atoms with Gasteiger partial charge in [-0.25, -0.2) is 4.98 Å². The summed E-state index contributed by atoms with van der Waals surface area (Å²) in [5.41, 5.74) is 0.375. The van der Waals surface area contributed by atoms with E-state index in [0.717, 1.165) is 4.57 Å². The lowest BCUT2D eigenvalue weighted by Crippen LogP contribution is -2.48. The van der Waals surface area contributed by atoms with Gasteiger partial charge in [-0.2, -0.15) is 13.2 Å². The molecule has 1 aliphatic rings. The number of rotatable bonds is 9. The Kier molecular flexibility index (Phi) is 9.49. The van der Waals surface area contributed by atoms with Crippen molar-refractivity contribution in [3.8, 4) is 11.3 Å². The molecule has 0 aliphatic carbocycles. The van der Waals surface area contributed by atoms with Crippen molar-refractivity contribution in [2.75, 3.05) is 26.7 Å². The second kappa shape index (κ2) is 12.4. The molecule has 3 rings (SSSR count). The van der Waals surface area contributed by atoms with E-state index in [2.05, 4.69) is 15.6 Å². The first-order valence-electron chi connectivity index (χ1n) is 11.7. The number of benzene rings is 1. The van der Waals surface area contributed by atoms with Crippen molar-refractivity contribution in [1.29, 1.82) is 0 Å². The Labute approximate surface area is 211 Å². The van der Waals surface area contributed by atoms with Crippen LogP contribution in [0.25, 0.3) is 11.3 Å². The normalized spacial score (nSPS) is 15.0. The minimum Gasteiger partial charge on any atom is -0.358 e. The van der Waals surface area contributed by atoms with Gasteiger partial charge in [0.1, 0.15) is 12.4 Å². The summed E-state index contributed by atoms with van der Waals surface area (Å²) < 4.78 is 39.3. The van der Waals surface area contributed by atoms with Crippen LogP contribution in [0.1, 0.15) is 31.5 Å². The SMILES string of the molecule is CNC(=O)CN1CCC(NC(=O)Cn2c(CCCC(F)(F)F)nc(-c3ccc(Cl)cc3)cc2=O)CC1. The molecule has 0 bridgehead atoms. The van der Waals surface area contributed by atoms with Gasteiger partial charge in [0.2, 0.25) is 11.8 Å². The Morgan fingerprint density at radius 2 is 1.78 bits per heavy atom. The molecule has 0 atom stereocenters. The molecule has 2 N–H and O–H groups in total. The van der Waals surface area contributed by atoms with E-state index in [1.54, 1.807) is 31.3 Å². The Hall–Kier alpha value is -2.92. The molecule has 1 saturated heterocycles. The fourth-order valence-corrected chi connectivity index (χ4v) is 4.19. The molecule has 1 aromatic heterocycles. The van der Waals surface area contributed by atoms with Gasteiger partial charge in [0.05, 0.1) is 12.2 Å². The van der Waals surface area contributed by atoms with Crippen LogP contribution in [0.5, 0.6) is 0 Å². The zero-order valence-electron chi connectivity index (χ0n) is 19.9. The van der Waals surface area contributed by atoms with E-state index < -0.39 is 24.1 Å². The van der Waals surface area contributed by atoms with Gasteiger partial charge in [0.15, 0.2) is 0 Å². The van der Waals surface area contributed by atoms with E-state index in [9.17, 15) is 27.6 Å². The van der Waals surface area contributed by atoms with E-state index >= 15 is 0 Å². The fourth-order valence-electron chi connectivity index (χ4n) is 4.06. The van der Waals surface area contributed by atoms with Crippen molar-refractivity contribution in [2.45, 2.75) is 50.9 Å². The lowest BCUT2D eigenvalue weighted by molar-refractivity contribution is -0.135. The minimum absolute atomic E-state index is 0.0792. The highest BCUT2D eigenvalue weighted by Crippen LogP contribution is 2.23. The smallest absolute Gasteiger partial charge is 0.358 e. The van der Waals surface area contributed by atoms with Gasteiger partial charge in [0, 0.05) is 55.7 Å². The number of likely N-dealkylation sites (N-methyl/N-ethyl adjacent to an activating group) is 1. The van der Waals surface area contributed by atoms with Gasteiger partial charge in [-0.05, 0) is 31.4 Å². The third kappa shape index (κ3) is 8.34. The maximum Gasteiger partial charge on any atom is 0.389 e. The number of alkyl halides is 3. The number of nitrogens with one attached hydrogen (secondary N) is 2. The van der Waals surface area contributed by atoms with Crippen LogP contribution in [-0.2, 0) is 22.6 Å². The molecule has 0 saturated carbocycles. The van der Waals surface area contributed by atoms with E-state index in [1.807, 2.05) is 4.90 Å². The summed E-state index contributed by atoms with van der Waals surface area (Å²) in [4.78, 5) is 43.6. The van der Waals surface area contributed by atoms with Gasteiger partial charge < -0.3 is 10.6 Å². The quantitative estimate of drug-likeness (QED) is 0.523. The second-order valence-corrected chi connectivity index (χ2v) is 9.19. The molecule has 8 nitrogen and oxygen atoms in total. The summed E-state index contributed by atoms with van der Waals surface area (Å²) in [6.45, 7) is 1.22. The molecule has 0 radical (unpaired) electrons. The van der Waals surface area contributed by atoms with Crippen LogP contribution in [0.3, 0.4) is 0 Å². The Balaban J connectivity index is 1.71. The average molecular weight is 528 g/mol. The summed E-state index contributed by atoms with van der Waals surface area (Å²) in [5, 5.41) is 5.96.